The average Bonchev–Trinajstić information content (AvgIpc) is 3.30. The van der Waals surface area contributed by atoms with Crippen molar-refractivity contribution >= 4 is 34.9 Å². The molecule has 0 spiro atoms. The number of amidine groups is 1. The maximum atomic E-state index is 13.7. The lowest BCUT2D eigenvalue weighted by molar-refractivity contribution is -0.145. The minimum atomic E-state index is -0.539. The predicted octanol–water partition coefficient (Wildman–Crippen LogP) is 3.32. The van der Waals surface area contributed by atoms with Crippen molar-refractivity contribution in [2.75, 3.05) is 43.1 Å². The van der Waals surface area contributed by atoms with Crippen molar-refractivity contribution in [3.63, 3.8) is 0 Å². The SMILES string of the molecule is CCCN(C(=O)C1CC(=O)N(c2ccc(C)c(C)c2)C1)N(C)/C(=N\O)c1ccc2c(c1)N(CC)C(=O)CO2. The zero-order valence-electron chi connectivity index (χ0n) is 22.6. The molecule has 2 heterocycles. The molecule has 4 rings (SSSR count). The fourth-order valence-corrected chi connectivity index (χ4v) is 4.96. The summed E-state index contributed by atoms with van der Waals surface area (Å²) in [6.45, 7) is 8.93. The van der Waals surface area contributed by atoms with Crippen LogP contribution < -0.4 is 14.5 Å². The fourth-order valence-electron chi connectivity index (χ4n) is 4.96. The van der Waals surface area contributed by atoms with E-state index >= 15 is 0 Å². The molecule has 202 valence electrons. The Morgan fingerprint density at radius 2 is 1.87 bits per heavy atom. The van der Waals surface area contributed by atoms with Gasteiger partial charge in [-0.3, -0.25) is 24.4 Å². The van der Waals surface area contributed by atoms with Gasteiger partial charge in [0, 0.05) is 44.4 Å². The minimum Gasteiger partial charge on any atom is -0.482 e. The van der Waals surface area contributed by atoms with E-state index in [1.807, 2.05) is 45.9 Å². The van der Waals surface area contributed by atoms with Gasteiger partial charge in [-0.2, -0.15) is 0 Å². The zero-order valence-corrected chi connectivity index (χ0v) is 22.6. The molecule has 1 saturated heterocycles. The number of fused-ring (bicyclic) bond motifs is 1. The third-order valence-electron chi connectivity index (χ3n) is 7.21. The monoisotopic (exact) mass is 521 g/mol. The number of rotatable bonds is 6. The largest absolute Gasteiger partial charge is 0.482 e. The lowest BCUT2D eigenvalue weighted by atomic mass is 10.1. The third kappa shape index (κ3) is 5.03. The van der Waals surface area contributed by atoms with Crippen molar-refractivity contribution in [3.8, 4) is 5.75 Å². The molecule has 2 aliphatic rings. The smallest absolute Gasteiger partial charge is 0.265 e. The topological polar surface area (TPSA) is 106 Å². The highest BCUT2D eigenvalue weighted by atomic mass is 16.5. The average molecular weight is 522 g/mol. The van der Waals surface area contributed by atoms with Gasteiger partial charge in [0.2, 0.25) is 11.8 Å². The van der Waals surface area contributed by atoms with Gasteiger partial charge in [-0.15, -0.1) is 0 Å². The van der Waals surface area contributed by atoms with Crippen molar-refractivity contribution in [2.24, 2.45) is 11.1 Å². The molecule has 0 aromatic heterocycles. The lowest BCUT2D eigenvalue weighted by Gasteiger charge is -2.35. The van der Waals surface area contributed by atoms with Gasteiger partial charge in [0.25, 0.3) is 5.91 Å². The number of benzene rings is 2. The fraction of sp³-hybridized carbons (Fsp3) is 0.429. The Hall–Kier alpha value is -4.08. The number of ether oxygens (including phenoxy) is 1. The summed E-state index contributed by atoms with van der Waals surface area (Å²) in [4.78, 5) is 42.2. The third-order valence-corrected chi connectivity index (χ3v) is 7.21. The molecular weight excluding hydrogens is 486 g/mol. The second-order valence-corrected chi connectivity index (χ2v) is 9.69. The molecule has 0 saturated carbocycles. The van der Waals surface area contributed by atoms with Crippen molar-refractivity contribution in [1.29, 1.82) is 0 Å². The van der Waals surface area contributed by atoms with Crippen LogP contribution in [-0.2, 0) is 14.4 Å². The summed E-state index contributed by atoms with van der Waals surface area (Å²) in [6, 6.07) is 11.0. The Bertz CT molecular complexity index is 1280. The van der Waals surface area contributed by atoms with Crippen LogP contribution in [-0.4, -0.2) is 72.1 Å². The lowest BCUT2D eigenvalue weighted by Crippen LogP contribution is -2.50. The molecule has 1 atom stereocenters. The van der Waals surface area contributed by atoms with Crippen LogP contribution >= 0.6 is 0 Å². The summed E-state index contributed by atoms with van der Waals surface area (Å²) in [7, 11) is 1.65. The first-order valence-corrected chi connectivity index (χ1v) is 12.9. The highest BCUT2D eigenvalue weighted by Crippen LogP contribution is 2.34. The Morgan fingerprint density at radius 1 is 1.11 bits per heavy atom. The Balaban J connectivity index is 1.58. The molecule has 1 N–H and O–H groups in total. The van der Waals surface area contributed by atoms with E-state index in [1.165, 1.54) is 10.0 Å². The standard InChI is InChI=1S/C28H35N5O5/c1-6-12-33(28(36)21-15-25(34)32(16-21)22-10-8-18(3)19(4)13-22)30(5)27(29-37)20-9-11-24-23(14-20)31(7-2)26(35)17-38-24/h8-11,13-14,21,37H,6-7,12,15-17H2,1-5H3/b29-27-. The van der Waals surface area contributed by atoms with E-state index in [0.29, 0.717) is 36.5 Å². The quantitative estimate of drug-likeness (QED) is 0.271. The van der Waals surface area contributed by atoms with Crippen LogP contribution in [0.15, 0.2) is 41.6 Å². The summed E-state index contributed by atoms with van der Waals surface area (Å²) >= 11 is 0. The van der Waals surface area contributed by atoms with Gasteiger partial charge in [-0.05, 0) is 68.7 Å². The molecule has 3 amide bonds. The van der Waals surface area contributed by atoms with Crippen molar-refractivity contribution in [3.05, 3.63) is 53.1 Å². The van der Waals surface area contributed by atoms with Crippen molar-refractivity contribution < 1.29 is 24.3 Å². The summed E-state index contributed by atoms with van der Waals surface area (Å²) < 4.78 is 5.55. The first-order valence-electron chi connectivity index (χ1n) is 12.9. The molecule has 1 unspecified atom stereocenters. The number of nitrogens with zero attached hydrogens (tertiary/aromatic N) is 5. The number of anilines is 2. The number of amides is 3. The van der Waals surface area contributed by atoms with E-state index in [2.05, 4.69) is 5.16 Å². The van der Waals surface area contributed by atoms with Crippen LogP contribution in [0.5, 0.6) is 5.75 Å². The molecule has 0 radical (unpaired) electrons. The van der Waals surface area contributed by atoms with Crippen LogP contribution in [0.4, 0.5) is 11.4 Å². The van der Waals surface area contributed by atoms with Gasteiger partial charge in [-0.1, -0.05) is 18.1 Å². The van der Waals surface area contributed by atoms with E-state index in [4.69, 9.17) is 4.74 Å². The molecule has 10 heteroatoms. The van der Waals surface area contributed by atoms with Crippen molar-refractivity contribution in [1.82, 2.24) is 10.0 Å². The second kappa shape index (κ2) is 11.1. The maximum absolute atomic E-state index is 13.7. The Kier molecular flexibility index (Phi) is 7.89. The zero-order chi connectivity index (χ0) is 27.6. The van der Waals surface area contributed by atoms with Crippen molar-refractivity contribution in [2.45, 2.75) is 40.5 Å². The summed E-state index contributed by atoms with van der Waals surface area (Å²) in [5.74, 6) is -0.313. The Morgan fingerprint density at radius 3 is 2.53 bits per heavy atom. The van der Waals surface area contributed by atoms with Gasteiger partial charge in [0.15, 0.2) is 12.4 Å². The number of hydrogen-bond acceptors (Lipinski definition) is 6. The van der Waals surface area contributed by atoms with E-state index < -0.39 is 5.92 Å². The van der Waals surface area contributed by atoms with Gasteiger partial charge in [0.1, 0.15) is 5.75 Å². The molecule has 1 fully saturated rings. The van der Waals surface area contributed by atoms with Gasteiger partial charge >= 0.3 is 0 Å². The summed E-state index contributed by atoms with van der Waals surface area (Å²) in [5, 5.41) is 16.6. The van der Waals surface area contributed by atoms with E-state index in [-0.39, 0.29) is 43.1 Å². The van der Waals surface area contributed by atoms with Crippen LogP contribution in [0, 0.1) is 19.8 Å². The normalized spacial score (nSPS) is 17.4. The molecule has 0 aliphatic carbocycles. The molecular formula is C28H35N5O5. The number of carbonyl (C=O) groups excluding carboxylic acids is 3. The summed E-state index contributed by atoms with van der Waals surface area (Å²) in [6.07, 6.45) is 0.766. The van der Waals surface area contributed by atoms with E-state index in [9.17, 15) is 19.6 Å². The number of aryl methyl sites for hydroxylation is 2. The minimum absolute atomic E-state index is 0.0287. The van der Waals surface area contributed by atoms with Gasteiger partial charge in [-0.25, -0.2) is 0 Å². The molecule has 2 aliphatic heterocycles. The van der Waals surface area contributed by atoms with Crippen LogP contribution in [0.3, 0.4) is 0 Å². The maximum Gasteiger partial charge on any atom is 0.265 e. The predicted molar refractivity (Wildman–Crippen MR) is 144 cm³/mol. The number of likely N-dealkylation sites (N-methyl/N-ethyl adjacent to an activating group) is 1. The van der Waals surface area contributed by atoms with Crippen LogP contribution in [0.1, 0.15) is 43.4 Å². The number of hydrazine groups is 1. The number of carbonyl (C=O) groups is 3. The Labute approximate surface area is 223 Å². The molecule has 2 aromatic carbocycles. The second-order valence-electron chi connectivity index (χ2n) is 9.69. The van der Waals surface area contributed by atoms with E-state index in [1.54, 1.807) is 35.0 Å². The summed E-state index contributed by atoms with van der Waals surface area (Å²) in [5.41, 5.74) is 4.10. The number of oxime groups is 1. The molecule has 38 heavy (non-hydrogen) atoms. The first kappa shape index (κ1) is 27.0. The van der Waals surface area contributed by atoms with Gasteiger partial charge in [0.05, 0.1) is 11.6 Å². The number of hydrogen-bond donors (Lipinski definition) is 1. The first-order chi connectivity index (χ1) is 18.2. The molecule has 10 nitrogen and oxygen atoms in total. The van der Waals surface area contributed by atoms with E-state index in [0.717, 1.165) is 16.8 Å². The molecule has 2 aromatic rings. The highest BCUT2D eigenvalue weighted by Gasteiger charge is 2.39. The highest BCUT2D eigenvalue weighted by molar-refractivity contribution is 6.04. The van der Waals surface area contributed by atoms with Gasteiger partial charge < -0.3 is 19.7 Å². The van der Waals surface area contributed by atoms with Crippen LogP contribution in [0.2, 0.25) is 0 Å². The van der Waals surface area contributed by atoms with Crippen LogP contribution in [0.25, 0.3) is 0 Å². The molecule has 0 bridgehead atoms.